The third-order valence-electron chi connectivity index (χ3n) is 3.28. The maximum Gasteiger partial charge on any atom is 0.335 e. The number of methoxy groups -OCH3 is 3. The number of carboxylic acids is 1. The van der Waals surface area contributed by atoms with Crippen molar-refractivity contribution in [2.24, 2.45) is 4.99 Å². The maximum absolute atomic E-state index is 11.1. The normalized spacial score (nSPS) is 10.6. The Morgan fingerprint density at radius 2 is 1.67 bits per heavy atom. The number of aromatic carboxylic acids is 1. The van der Waals surface area contributed by atoms with Crippen LogP contribution in [0.15, 0.2) is 35.3 Å². The highest BCUT2D eigenvalue weighted by Crippen LogP contribution is 2.37. The van der Waals surface area contributed by atoms with Crippen molar-refractivity contribution in [1.29, 1.82) is 0 Å². The van der Waals surface area contributed by atoms with Gasteiger partial charge in [-0.05, 0) is 35.9 Å². The zero-order valence-electron chi connectivity index (χ0n) is 13.4. The SMILES string of the molecule is COc1ccc(C=Nc2cc(C(=O)O)cc(OC)c2O)cc1OC. The number of hydrogen-bond donors (Lipinski definition) is 2. The molecule has 2 aromatic carbocycles. The van der Waals surface area contributed by atoms with Crippen LogP contribution >= 0.6 is 0 Å². The van der Waals surface area contributed by atoms with Gasteiger partial charge < -0.3 is 24.4 Å². The Morgan fingerprint density at radius 3 is 2.25 bits per heavy atom. The standard InChI is InChI=1S/C17H17NO6/c1-22-13-5-4-10(6-14(13)23-2)9-18-12-7-11(17(20)21)8-15(24-3)16(12)19/h4-9,19H,1-3H3,(H,20,21). The number of nitrogens with zero attached hydrogens (tertiary/aromatic N) is 1. The van der Waals surface area contributed by atoms with Crippen molar-refractivity contribution in [2.75, 3.05) is 21.3 Å². The zero-order valence-corrected chi connectivity index (χ0v) is 13.4. The molecule has 7 nitrogen and oxygen atoms in total. The fourth-order valence-electron chi connectivity index (χ4n) is 2.05. The first-order valence-corrected chi connectivity index (χ1v) is 6.90. The molecule has 0 atom stereocenters. The molecule has 0 aromatic heterocycles. The summed E-state index contributed by atoms with van der Waals surface area (Å²) in [6, 6.07) is 7.66. The summed E-state index contributed by atoms with van der Waals surface area (Å²) >= 11 is 0. The Hall–Kier alpha value is -3.22. The lowest BCUT2D eigenvalue weighted by Gasteiger charge is -2.08. The van der Waals surface area contributed by atoms with Gasteiger partial charge in [-0.3, -0.25) is 4.99 Å². The molecule has 2 N–H and O–H groups in total. The summed E-state index contributed by atoms with van der Waals surface area (Å²) < 4.78 is 15.3. The summed E-state index contributed by atoms with van der Waals surface area (Å²) in [5.74, 6) is -0.237. The van der Waals surface area contributed by atoms with Crippen molar-refractivity contribution in [3.05, 3.63) is 41.5 Å². The fraction of sp³-hybridized carbons (Fsp3) is 0.176. The lowest BCUT2D eigenvalue weighted by atomic mass is 10.1. The van der Waals surface area contributed by atoms with Crippen LogP contribution in [0.5, 0.6) is 23.0 Å². The molecule has 0 heterocycles. The summed E-state index contributed by atoms with van der Waals surface area (Å²) in [7, 11) is 4.39. The van der Waals surface area contributed by atoms with Crippen molar-refractivity contribution in [2.45, 2.75) is 0 Å². The average molecular weight is 331 g/mol. The third kappa shape index (κ3) is 3.57. The van der Waals surface area contributed by atoms with Crippen molar-refractivity contribution in [1.82, 2.24) is 0 Å². The molecule has 0 unspecified atom stereocenters. The van der Waals surface area contributed by atoms with Gasteiger partial charge in [-0.2, -0.15) is 0 Å². The Kier molecular flexibility index (Phi) is 5.26. The summed E-state index contributed by atoms with van der Waals surface area (Å²) in [5.41, 5.74) is 0.734. The molecule has 0 spiro atoms. The van der Waals surface area contributed by atoms with Gasteiger partial charge in [-0.25, -0.2) is 4.79 Å². The van der Waals surface area contributed by atoms with Gasteiger partial charge in [0.05, 0.1) is 26.9 Å². The largest absolute Gasteiger partial charge is 0.503 e. The minimum Gasteiger partial charge on any atom is -0.503 e. The number of aromatic hydroxyl groups is 1. The second-order valence-electron chi connectivity index (χ2n) is 4.72. The average Bonchev–Trinajstić information content (AvgIpc) is 2.60. The van der Waals surface area contributed by atoms with Crippen molar-refractivity contribution in [3.63, 3.8) is 0 Å². The number of carbonyl (C=O) groups is 1. The first-order valence-electron chi connectivity index (χ1n) is 6.90. The molecule has 0 aliphatic rings. The first kappa shape index (κ1) is 17.1. The molecule has 0 saturated carbocycles. The number of benzene rings is 2. The molecule has 126 valence electrons. The molecule has 0 bridgehead atoms. The number of phenolic OH excluding ortho intramolecular Hbond substituents is 1. The summed E-state index contributed by atoms with van der Waals surface area (Å²) in [6.07, 6.45) is 1.47. The molecule has 0 radical (unpaired) electrons. The topological polar surface area (TPSA) is 97.6 Å². The van der Waals surface area contributed by atoms with E-state index in [2.05, 4.69) is 4.99 Å². The number of rotatable bonds is 6. The van der Waals surface area contributed by atoms with Crippen LogP contribution in [0.2, 0.25) is 0 Å². The first-order chi connectivity index (χ1) is 11.5. The highest BCUT2D eigenvalue weighted by atomic mass is 16.5. The third-order valence-corrected chi connectivity index (χ3v) is 3.28. The van der Waals surface area contributed by atoms with Crippen LogP contribution in [-0.2, 0) is 0 Å². The summed E-state index contributed by atoms with van der Waals surface area (Å²) in [4.78, 5) is 15.3. The second-order valence-corrected chi connectivity index (χ2v) is 4.72. The van der Waals surface area contributed by atoms with Crippen LogP contribution < -0.4 is 14.2 Å². The van der Waals surface area contributed by atoms with E-state index in [-0.39, 0.29) is 22.7 Å². The van der Waals surface area contributed by atoms with Crippen LogP contribution in [0.1, 0.15) is 15.9 Å². The van der Waals surface area contributed by atoms with Crippen molar-refractivity contribution in [3.8, 4) is 23.0 Å². The lowest BCUT2D eigenvalue weighted by molar-refractivity contribution is 0.0696. The predicted octanol–water partition coefficient (Wildman–Crippen LogP) is 2.87. The molecular formula is C17H17NO6. The van der Waals surface area contributed by atoms with Gasteiger partial charge in [-0.15, -0.1) is 0 Å². The van der Waals surface area contributed by atoms with Gasteiger partial charge in [0, 0.05) is 6.21 Å². The monoisotopic (exact) mass is 331 g/mol. The van der Waals surface area contributed by atoms with E-state index < -0.39 is 5.97 Å². The van der Waals surface area contributed by atoms with Gasteiger partial charge >= 0.3 is 5.97 Å². The molecule has 0 saturated heterocycles. The Bertz CT molecular complexity index is 785. The zero-order chi connectivity index (χ0) is 17.7. The molecule has 0 aliphatic heterocycles. The van der Waals surface area contributed by atoms with E-state index in [0.717, 1.165) is 0 Å². The van der Waals surface area contributed by atoms with Crippen LogP contribution in [0, 0.1) is 0 Å². The smallest absolute Gasteiger partial charge is 0.335 e. The Labute approximate surface area is 138 Å². The minimum absolute atomic E-state index is 0.0364. The number of ether oxygens (including phenoxy) is 3. The number of phenols is 1. The van der Waals surface area contributed by atoms with Crippen LogP contribution in [0.4, 0.5) is 5.69 Å². The van der Waals surface area contributed by atoms with Gasteiger partial charge in [0.25, 0.3) is 0 Å². The minimum atomic E-state index is -1.14. The van der Waals surface area contributed by atoms with Gasteiger partial charge in [-0.1, -0.05) is 0 Å². The molecule has 24 heavy (non-hydrogen) atoms. The number of carboxylic acid groups (broad SMARTS) is 1. The van der Waals surface area contributed by atoms with Crippen molar-refractivity contribution >= 4 is 17.9 Å². The molecule has 0 amide bonds. The van der Waals surface area contributed by atoms with Gasteiger partial charge in [0.15, 0.2) is 23.0 Å². The molecule has 0 fully saturated rings. The predicted molar refractivity (Wildman–Crippen MR) is 88.4 cm³/mol. The van der Waals surface area contributed by atoms with E-state index in [1.54, 1.807) is 18.2 Å². The van der Waals surface area contributed by atoms with E-state index in [0.29, 0.717) is 17.1 Å². The molecule has 0 aliphatic carbocycles. The van der Waals surface area contributed by atoms with E-state index >= 15 is 0 Å². The molecule has 2 rings (SSSR count). The molecular weight excluding hydrogens is 314 g/mol. The number of aliphatic imine (C=N–C) groups is 1. The molecule has 2 aromatic rings. The summed E-state index contributed by atoms with van der Waals surface area (Å²) in [6.45, 7) is 0. The van der Waals surface area contributed by atoms with E-state index in [1.807, 2.05) is 0 Å². The quantitative estimate of drug-likeness (QED) is 0.790. The van der Waals surface area contributed by atoms with Crippen molar-refractivity contribution < 1.29 is 29.2 Å². The van der Waals surface area contributed by atoms with E-state index in [9.17, 15) is 9.90 Å². The lowest BCUT2D eigenvalue weighted by Crippen LogP contribution is -1.97. The summed E-state index contributed by atoms with van der Waals surface area (Å²) in [5, 5.41) is 19.2. The van der Waals surface area contributed by atoms with E-state index in [4.69, 9.17) is 19.3 Å². The van der Waals surface area contributed by atoms with Gasteiger partial charge in [0.1, 0.15) is 5.69 Å². The van der Waals surface area contributed by atoms with E-state index in [1.165, 1.54) is 39.7 Å². The Balaban J connectivity index is 2.41. The van der Waals surface area contributed by atoms with Crippen LogP contribution in [-0.4, -0.2) is 43.7 Å². The highest BCUT2D eigenvalue weighted by Gasteiger charge is 2.13. The molecule has 7 heteroatoms. The maximum atomic E-state index is 11.1. The highest BCUT2D eigenvalue weighted by molar-refractivity contribution is 5.91. The Morgan fingerprint density at radius 1 is 1.00 bits per heavy atom. The second kappa shape index (κ2) is 7.36. The van der Waals surface area contributed by atoms with Gasteiger partial charge in [0.2, 0.25) is 0 Å². The van der Waals surface area contributed by atoms with Crippen LogP contribution in [0.25, 0.3) is 0 Å². The number of hydrogen-bond acceptors (Lipinski definition) is 6. The van der Waals surface area contributed by atoms with Crippen LogP contribution in [0.3, 0.4) is 0 Å². The fourth-order valence-corrected chi connectivity index (χ4v) is 2.05.